The normalized spacial score (nSPS) is 37.4. The van der Waals surface area contributed by atoms with Crippen LogP contribution in [0.4, 0.5) is 0 Å². The maximum atomic E-state index is 3.48. The largest absolute Gasteiger partial charge is 0.319 e. The predicted octanol–water partition coefficient (Wildman–Crippen LogP) is 3.52. The van der Waals surface area contributed by atoms with Gasteiger partial charge in [0.05, 0.1) is 0 Å². The Balaban J connectivity index is 1.92. The van der Waals surface area contributed by atoms with Gasteiger partial charge in [-0.1, -0.05) is 33.1 Å². The second kappa shape index (κ2) is 7.08. The Hall–Kier alpha value is -0.0800. The minimum atomic E-state index is 0.566. The Morgan fingerprint density at radius 1 is 1.21 bits per heavy atom. The molecular formula is C17H34N2. The molecule has 0 radical (unpaired) electrons. The zero-order chi connectivity index (χ0) is 13.7. The maximum Gasteiger partial charge on any atom is 0.00503 e. The van der Waals surface area contributed by atoms with Crippen molar-refractivity contribution in [2.75, 3.05) is 33.2 Å². The SMILES string of the molecule is CCC1CCCN(CC2(CNC)CCC(C)CC2)C1. The van der Waals surface area contributed by atoms with Crippen molar-refractivity contribution in [1.29, 1.82) is 0 Å². The van der Waals surface area contributed by atoms with Gasteiger partial charge in [0.1, 0.15) is 0 Å². The molecule has 0 aromatic carbocycles. The molecule has 1 N–H and O–H groups in total. The molecule has 19 heavy (non-hydrogen) atoms. The maximum absolute atomic E-state index is 3.48. The fourth-order valence-corrected chi connectivity index (χ4v) is 4.24. The summed E-state index contributed by atoms with van der Waals surface area (Å²) in [6.07, 6.45) is 9.99. The van der Waals surface area contributed by atoms with Crippen LogP contribution in [0, 0.1) is 17.3 Å². The molecule has 1 unspecified atom stereocenters. The van der Waals surface area contributed by atoms with Gasteiger partial charge in [0.25, 0.3) is 0 Å². The van der Waals surface area contributed by atoms with E-state index in [-0.39, 0.29) is 0 Å². The Morgan fingerprint density at radius 2 is 1.95 bits per heavy atom. The first-order valence-corrected chi connectivity index (χ1v) is 8.54. The van der Waals surface area contributed by atoms with E-state index >= 15 is 0 Å². The summed E-state index contributed by atoms with van der Waals surface area (Å²) in [4.78, 5) is 2.78. The summed E-state index contributed by atoms with van der Waals surface area (Å²) in [5.41, 5.74) is 0.566. The van der Waals surface area contributed by atoms with Gasteiger partial charge in [-0.15, -0.1) is 0 Å². The average Bonchev–Trinajstić information content (AvgIpc) is 2.43. The van der Waals surface area contributed by atoms with Gasteiger partial charge in [0.2, 0.25) is 0 Å². The van der Waals surface area contributed by atoms with Gasteiger partial charge in [-0.3, -0.25) is 0 Å². The highest BCUT2D eigenvalue weighted by Gasteiger charge is 2.36. The molecular weight excluding hydrogens is 232 g/mol. The second-order valence-corrected chi connectivity index (χ2v) is 7.36. The average molecular weight is 266 g/mol. The smallest absolute Gasteiger partial charge is 0.00503 e. The van der Waals surface area contributed by atoms with Crippen molar-refractivity contribution in [3.63, 3.8) is 0 Å². The number of piperidine rings is 1. The number of likely N-dealkylation sites (tertiary alicyclic amines) is 1. The molecule has 0 bridgehead atoms. The fourth-order valence-electron chi connectivity index (χ4n) is 4.24. The summed E-state index contributed by atoms with van der Waals surface area (Å²) in [5, 5.41) is 3.48. The lowest BCUT2D eigenvalue weighted by atomic mass is 9.70. The number of rotatable bonds is 5. The van der Waals surface area contributed by atoms with Crippen LogP contribution in [0.3, 0.4) is 0 Å². The molecule has 0 aromatic rings. The summed E-state index contributed by atoms with van der Waals surface area (Å²) < 4.78 is 0. The van der Waals surface area contributed by atoms with Crippen molar-refractivity contribution in [3.05, 3.63) is 0 Å². The van der Waals surface area contributed by atoms with Crippen molar-refractivity contribution in [2.24, 2.45) is 17.3 Å². The molecule has 1 aliphatic carbocycles. The Bertz CT molecular complexity index is 256. The van der Waals surface area contributed by atoms with Crippen molar-refractivity contribution >= 4 is 0 Å². The summed E-state index contributed by atoms with van der Waals surface area (Å²) >= 11 is 0. The molecule has 1 heterocycles. The van der Waals surface area contributed by atoms with Gasteiger partial charge >= 0.3 is 0 Å². The molecule has 2 nitrogen and oxygen atoms in total. The van der Waals surface area contributed by atoms with E-state index in [1.54, 1.807) is 0 Å². The van der Waals surface area contributed by atoms with Gasteiger partial charge in [0.15, 0.2) is 0 Å². The van der Waals surface area contributed by atoms with Crippen LogP contribution < -0.4 is 5.32 Å². The standard InChI is InChI=1S/C17H34N2/c1-4-16-6-5-11-19(12-16)14-17(13-18-3)9-7-15(2)8-10-17/h15-16,18H,4-14H2,1-3H3. The van der Waals surface area contributed by atoms with Crippen molar-refractivity contribution in [1.82, 2.24) is 10.2 Å². The second-order valence-electron chi connectivity index (χ2n) is 7.36. The molecule has 0 amide bonds. The number of nitrogens with one attached hydrogen (secondary N) is 1. The molecule has 112 valence electrons. The van der Waals surface area contributed by atoms with Crippen LogP contribution in [0.5, 0.6) is 0 Å². The van der Waals surface area contributed by atoms with Crippen molar-refractivity contribution in [3.8, 4) is 0 Å². The number of hydrogen-bond donors (Lipinski definition) is 1. The number of nitrogens with zero attached hydrogens (tertiary/aromatic N) is 1. The van der Waals surface area contributed by atoms with Crippen LogP contribution in [0.25, 0.3) is 0 Å². The topological polar surface area (TPSA) is 15.3 Å². The lowest BCUT2D eigenvalue weighted by molar-refractivity contribution is 0.0626. The molecule has 1 aliphatic heterocycles. The van der Waals surface area contributed by atoms with Crippen LogP contribution in [-0.4, -0.2) is 38.1 Å². The minimum Gasteiger partial charge on any atom is -0.319 e. The van der Waals surface area contributed by atoms with Gasteiger partial charge in [0, 0.05) is 19.6 Å². The van der Waals surface area contributed by atoms with E-state index in [2.05, 4.69) is 31.1 Å². The first-order chi connectivity index (χ1) is 9.17. The van der Waals surface area contributed by atoms with Gasteiger partial charge in [-0.05, 0) is 56.5 Å². The van der Waals surface area contributed by atoms with Gasteiger partial charge in [-0.25, -0.2) is 0 Å². The van der Waals surface area contributed by atoms with E-state index in [9.17, 15) is 0 Å². The highest BCUT2D eigenvalue weighted by Crippen LogP contribution is 2.39. The Morgan fingerprint density at radius 3 is 2.58 bits per heavy atom. The third-order valence-corrected chi connectivity index (χ3v) is 5.63. The highest BCUT2D eigenvalue weighted by atomic mass is 15.1. The van der Waals surface area contributed by atoms with E-state index in [4.69, 9.17) is 0 Å². The molecule has 0 aromatic heterocycles. The molecule has 2 heteroatoms. The van der Waals surface area contributed by atoms with Crippen molar-refractivity contribution in [2.45, 2.75) is 58.8 Å². The molecule has 2 aliphatic rings. The van der Waals surface area contributed by atoms with E-state index in [0.717, 1.165) is 11.8 Å². The predicted molar refractivity (Wildman–Crippen MR) is 83.4 cm³/mol. The van der Waals surface area contributed by atoms with Gasteiger partial charge < -0.3 is 10.2 Å². The Labute approximate surface area is 120 Å². The minimum absolute atomic E-state index is 0.566. The van der Waals surface area contributed by atoms with Crippen LogP contribution in [0.2, 0.25) is 0 Å². The first-order valence-electron chi connectivity index (χ1n) is 8.54. The lowest BCUT2D eigenvalue weighted by Crippen LogP contribution is -2.48. The Kier molecular flexibility index (Phi) is 5.70. The zero-order valence-electron chi connectivity index (χ0n) is 13.4. The summed E-state index contributed by atoms with van der Waals surface area (Å²) in [5.74, 6) is 1.91. The van der Waals surface area contributed by atoms with Crippen LogP contribution in [0.1, 0.15) is 58.8 Å². The third kappa shape index (κ3) is 4.19. The lowest BCUT2D eigenvalue weighted by Gasteiger charge is -2.45. The molecule has 0 spiro atoms. The van der Waals surface area contributed by atoms with Crippen LogP contribution >= 0.6 is 0 Å². The molecule has 1 atom stereocenters. The zero-order valence-corrected chi connectivity index (χ0v) is 13.4. The fraction of sp³-hybridized carbons (Fsp3) is 1.00. The van der Waals surface area contributed by atoms with E-state index in [1.165, 1.54) is 71.1 Å². The van der Waals surface area contributed by atoms with E-state index in [1.807, 2.05) is 0 Å². The van der Waals surface area contributed by atoms with Gasteiger partial charge in [-0.2, -0.15) is 0 Å². The van der Waals surface area contributed by atoms with E-state index < -0.39 is 0 Å². The van der Waals surface area contributed by atoms with Crippen molar-refractivity contribution < 1.29 is 0 Å². The summed E-state index contributed by atoms with van der Waals surface area (Å²) in [7, 11) is 2.13. The monoisotopic (exact) mass is 266 g/mol. The van der Waals surface area contributed by atoms with Crippen LogP contribution in [-0.2, 0) is 0 Å². The first kappa shape index (κ1) is 15.3. The number of hydrogen-bond acceptors (Lipinski definition) is 2. The van der Waals surface area contributed by atoms with E-state index in [0.29, 0.717) is 5.41 Å². The molecule has 1 saturated heterocycles. The molecule has 1 saturated carbocycles. The quantitative estimate of drug-likeness (QED) is 0.819. The highest BCUT2D eigenvalue weighted by molar-refractivity contribution is 4.90. The van der Waals surface area contributed by atoms with Crippen LogP contribution in [0.15, 0.2) is 0 Å². The molecule has 2 rings (SSSR count). The third-order valence-electron chi connectivity index (χ3n) is 5.63. The summed E-state index contributed by atoms with van der Waals surface area (Å²) in [6.45, 7) is 10.1. The molecule has 2 fully saturated rings. The summed E-state index contributed by atoms with van der Waals surface area (Å²) in [6, 6.07) is 0.